The molecule has 5 nitrogen and oxygen atoms in total. The first-order valence-corrected chi connectivity index (χ1v) is 6.14. The zero-order valence-corrected chi connectivity index (χ0v) is 10.9. The van der Waals surface area contributed by atoms with E-state index in [2.05, 4.69) is 11.4 Å². The standard InChI is InChI=1S/C13H18N4O/c1-7-8(2)17(12(15)11(7)6-14)9(3)13(18)16-10-4-5-10/h9-10H,4-5,15H2,1-3H3,(H,16,18). The van der Waals surface area contributed by atoms with Gasteiger partial charge >= 0.3 is 0 Å². The van der Waals surface area contributed by atoms with E-state index < -0.39 is 0 Å². The van der Waals surface area contributed by atoms with Crippen molar-refractivity contribution in [3.05, 3.63) is 16.8 Å². The van der Waals surface area contributed by atoms with Gasteiger partial charge in [-0.25, -0.2) is 0 Å². The number of rotatable bonds is 3. The molecule has 0 radical (unpaired) electrons. The third-order valence-corrected chi connectivity index (χ3v) is 3.60. The van der Waals surface area contributed by atoms with Crippen molar-refractivity contribution in [1.29, 1.82) is 5.26 Å². The van der Waals surface area contributed by atoms with Crippen LogP contribution in [0.2, 0.25) is 0 Å². The number of nitrogen functional groups attached to an aromatic ring is 1. The molecular formula is C13H18N4O. The van der Waals surface area contributed by atoms with Crippen molar-refractivity contribution >= 4 is 11.7 Å². The van der Waals surface area contributed by atoms with Gasteiger partial charge in [0.1, 0.15) is 17.9 Å². The SMILES string of the molecule is Cc1c(C#N)c(N)n(C(C)C(=O)NC2CC2)c1C. The van der Waals surface area contributed by atoms with Crippen LogP contribution in [0.1, 0.15) is 42.6 Å². The van der Waals surface area contributed by atoms with Crippen molar-refractivity contribution in [2.75, 3.05) is 5.73 Å². The summed E-state index contributed by atoms with van der Waals surface area (Å²) in [5, 5.41) is 12.0. The molecule has 0 saturated heterocycles. The molecule has 1 aromatic heterocycles. The van der Waals surface area contributed by atoms with E-state index in [0.717, 1.165) is 24.1 Å². The van der Waals surface area contributed by atoms with Gasteiger partial charge in [-0.05, 0) is 39.2 Å². The van der Waals surface area contributed by atoms with E-state index in [0.29, 0.717) is 17.4 Å². The van der Waals surface area contributed by atoms with Gasteiger partial charge < -0.3 is 15.6 Å². The molecule has 0 spiro atoms. The Morgan fingerprint density at radius 3 is 2.61 bits per heavy atom. The van der Waals surface area contributed by atoms with Gasteiger partial charge in [0.05, 0.1) is 5.56 Å². The number of carbonyl (C=O) groups is 1. The summed E-state index contributed by atoms with van der Waals surface area (Å²) in [5.41, 5.74) is 8.16. The van der Waals surface area contributed by atoms with Crippen molar-refractivity contribution in [1.82, 2.24) is 9.88 Å². The Bertz CT molecular complexity index is 534. The van der Waals surface area contributed by atoms with E-state index >= 15 is 0 Å². The lowest BCUT2D eigenvalue weighted by Gasteiger charge is -2.17. The maximum absolute atomic E-state index is 12.0. The molecular weight excluding hydrogens is 228 g/mol. The molecule has 1 heterocycles. The number of hydrogen-bond acceptors (Lipinski definition) is 3. The van der Waals surface area contributed by atoms with Crippen LogP contribution < -0.4 is 11.1 Å². The summed E-state index contributed by atoms with van der Waals surface area (Å²) in [4.78, 5) is 12.0. The second-order valence-corrected chi connectivity index (χ2v) is 4.91. The average Bonchev–Trinajstić information content (AvgIpc) is 3.09. The number of hydrogen-bond donors (Lipinski definition) is 2. The van der Waals surface area contributed by atoms with Gasteiger partial charge in [-0.2, -0.15) is 5.26 Å². The van der Waals surface area contributed by atoms with Crippen LogP contribution in [0.4, 0.5) is 5.82 Å². The third kappa shape index (κ3) is 1.94. The zero-order valence-electron chi connectivity index (χ0n) is 10.9. The molecule has 1 aliphatic rings. The van der Waals surface area contributed by atoms with Gasteiger partial charge in [-0.1, -0.05) is 0 Å². The number of nitrogens with one attached hydrogen (secondary N) is 1. The third-order valence-electron chi connectivity index (χ3n) is 3.60. The van der Waals surface area contributed by atoms with Crippen LogP contribution in [-0.4, -0.2) is 16.5 Å². The summed E-state index contributed by atoms with van der Waals surface area (Å²) in [7, 11) is 0. The first kappa shape index (κ1) is 12.5. The van der Waals surface area contributed by atoms with Crippen LogP contribution >= 0.6 is 0 Å². The van der Waals surface area contributed by atoms with Crippen molar-refractivity contribution in [3.63, 3.8) is 0 Å². The van der Waals surface area contributed by atoms with Gasteiger partial charge in [-0.3, -0.25) is 4.79 Å². The molecule has 1 unspecified atom stereocenters. The van der Waals surface area contributed by atoms with Gasteiger partial charge in [0.15, 0.2) is 0 Å². The average molecular weight is 246 g/mol. The topological polar surface area (TPSA) is 83.8 Å². The van der Waals surface area contributed by atoms with Gasteiger partial charge in [0, 0.05) is 11.7 Å². The van der Waals surface area contributed by atoms with E-state index in [-0.39, 0.29) is 11.9 Å². The monoisotopic (exact) mass is 246 g/mol. The molecule has 5 heteroatoms. The highest BCUT2D eigenvalue weighted by Crippen LogP contribution is 2.28. The van der Waals surface area contributed by atoms with Crippen LogP contribution in [0.5, 0.6) is 0 Å². The number of nitriles is 1. The Kier molecular flexibility index (Phi) is 3.04. The van der Waals surface area contributed by atoms with Crippen LogP contribution in [0, 0.1) is 25.2 Å². The van der Waals surface area contributed by atoms with Crippen molar-refractivity contribution in [3.8, 4) is 6.07 Å². The Labute approximate surface area is 107 Å². The maximum Gasteiger partial charge on any atom is 0.243 e. The number of nitrogens with zero attached hydrogens (tertiary/aromatic N) is 2. The lowest BCUT2D eigenvalue weighted by Crippen LogP contribution is -2.33. The quantitative estimate of drug-likeness (QED) is 0.845. The maximum atomic E-state index is 12.0. The van der Waals surface area contributed by atoms with Gasteiger partial charge in [0.2, 0.25) is 5.91 Å². The van der Waals surface area contributed by atoms with Crippen LogP contribution in [0.15, 0.2) is 0 Å². The van der Waals surface area contributed by atoms with Crippen molar-refractivity contribution < 1.29 is 4.79 Å². The normalized spacial score (nSPS) is 16.1. The minimum absolute atomic E-state index is 0.0354. The largest absolute Gasteiger partial charge is 0.384 e. The Morgan fingerprint density at radius 1 is 1.56 bits per heavy atom. The molecule has 1 aliphatic carbocycles. The van der Waals surface area contributed by atoms with Crippen molar-refractivity contribution in [2.45, 2.75) is 45.7 Å². The van der Waals surface area contributed by atoms with E-state index in [1.807, 2.05) is 20.8 Å². The van der Waals surface area contributed by atoms with E-state index in [1.54, 1.807) is 4.57 Å². The Balaban J connectivity index is 2.32. The van der Waals surface area contributed by atoms with Crippen molar-refractivity contribution in [2.24, 2.45) is 0 Å². The lowest BCUT2D eigenvalue weighted by molar-refractivity contribution is -0.124. The number of carbonyl (C=O) groups excluding carboxylic acids is 1. The fourth-order valence-electron chi connectivity index (χ4n) is 2.16. The van der Waals surface area contributed by atoms with Crippen LogP contribution in [-0.2, 0) is 4.79 Å². The molecule has 0 bridgehead atoms. The van der Waals surface area contributed by atoms with Gasteiger partial charge in [0.25, 0.3) is 0 Å². The first-order chi connectivity index (χ1) is 8.47. The van der Waals surface area contributed by atoms with Gasteiger partial charge in [-0.15, -0.1) is 0 Å². The van der Waals surface area contributed by atoms with E-state index in [9.17, 15) is 4.79 Å². The molecule has 3 N–H and O–H groups in total. The summed E-state index contributed by atoms with van der Waals surface area (Å²) in [5.74, 6) is 0.345. The highest BCUT2D eigenvalue weighted by Gasteiger charge is 2.28. The molecule has 1 saturated carbocycles. The molecule has 96 valence electrons. The van der Waals surface area contributed by atoms with Crippen LogP contribution in [0.25, 0.3) is 0 Å². The summed E-state index contributed by atoms with van der Waals surface area (Å²) in [6, 6.07) is 2.04. The highest BCUT2D eigenvalue weighted by molar-refractivity contribution is 5.81. The minimum Gasteiger partial charge on any atom is -0.384 e. The summed E-state index contributed by atoms with van der Waals surface area (Å²) < 4.78 is 1.74. The predicted octanol–water partition coefficient (Wildman–Crippen LogP) is 1.40. The van der Waals surface area contributed by atoms with E-state index in [1.165, 1.54) is 0 Å². The highest BCUT2D eigenvalue weighted by atomic mass is 16.2. The molecule has 1 aromatic rings. The molecule has 0 aromatic carbocycles. The summed E-state index contributed by atoms with van der Waals surface area (Å²) in [6.45, 7) is 5.54. The summed E-state index contributed by atoms with van der Waals surface area (Å²) in [6.07, 6.45) is 2.11. The molecule has 1 atom stereocenters. The number of anilines is 1. The Hall–Kier alpha value is -1.96. The predicted molar refractivity (Wildman–Crippen MR) is 68.9 cm³/mol. The fraction of sp³-hybridized carbons (Fsp3) is 0.538. The number of amides is 1. The van der Waals surface area contributed by atoms with Crippen LogP contribution in [0.3, 0.4) is 0 Å². The first-order valence-electron chi connectivity index (χ1n) is 6.14. The van der Waals surface area contributed by atoms with E-state index in [4.69, 9.17) is 11.0 Å². The fourth-order valence-corrected chi connectivity index (χ4v) is 2.16. The minimum atomic E-state index is -0.383. The lowest BCUT2D eigenvalue weighted by atomic mass is 10.2. The smallest absolute Gasteiger partial charge is 0.243 e. The molecule has 1 amide bonds. The number of nitrogens with two attached hydrogens (primary N) is 1. The molecule has 2 rings (SSSR count). The molecule has 0 aliphatic heterocycles. The summed E-state index contributed by atoms with van der Waals surface area (Å²) >= 11 is 0. The molecule has 1 fully saturated rings. The molecule has 18 heavy (non-hydrogen) atoms. The second-order valence-electron chi connectivity index (χ2n) is 4.91. The second kappa shape index (κ2) is 4.37. The number of aromatic nitrogens is 1. The Morgan fingerprint density at radius 2 is 2.17 bits per heavy atom. The zero-order chi connectivity index (χ0) is 13.4.